The molecule has 1 aliphatic heterocycles. The molecule has 4 N–H and O–H groups in total. The zero-order chi connectivity index (χ0) is 25.5. The Morgan fingerprint density at radius 2 is 2.03 bits per heavy atom. The number of allylic oxidation sites excluding steroid dienone is 2. The van der Waals surface area contributed by atoms with Crippen LogP contribution in [0.2, 0.25) is 0 Å². The highest BCUT2D eigenvalue weighted by Crippen LogP contribution is 2.46. The number of ether oxygens (including phenoxy) is 2. The van der Waals surface area contributed by atoms with Crippen molar-refractivity contribution in [3.05, 3.63) is 52.6 Å². The van der Waals surface area contributed by atoms with Crippen LogP contribution < -0.4 is 11.1 Å². The Kier molecular flexibility index (Phi) is 9.51. The molecule has 0 saturated heterocycles. The molecule has 1 aromatic heterocycles. The molecule has 11 heteroatoms. The number of carbonyl (C=O) groups is 2. The van der Waals surface area contributed by atoms with E-state index in [2.05, 4.69) is 24.1 Å². The number of carbonyl (C=O) groups excluding carboxylic acids is 2. The monoisotopic (exact) mass is 495 g/mol. The molecular formula is C23H33N3O7S. The molecule has 0 bridgehead atoms. The highest BCUT2D eigenvalue weighted by atomic mass is 32.2. The van der Waals surface area contributed by atoms with Gasteiger partial charge in [-0.15, -0.1) is 0 Å². The van der Waals surface area contributed by atoms with Crippen molar-refractivity contribution in [2.45, 2.75) is 39.5 Å². The van der Waals surface area contributed by atoms with Gasteiger partial charge in [-0.3, -0.25) is 14.3 Å². The van der Waals surface area contributed by atoms with E-state index in [4.69, 9.17) is 19.8 Å². The van der Waals surface area contributed by atoms with E-state index in [0.29, 0.717) is 49.1 Å². The van der Waals surface area contributed by atoms with Crippen LogP contribution in [-0.4, -0.2) is 62.3 Å². The van der Waals surface area contributed by atoms with Gasteiger partial charge < -0.3 is 20.5 Å². The number of hydrogen-bond acceptors (Lipinski definition) is 9. The van der Waals surface area contributed by atoms with Gasteiger partial charge in [0.05, 0.1) is 37.3 Å². The van der Waals surface area contributed by atoms with Gasteiger partial charge >= 0.3 is 5.97 Å². The van der Waals surface area contributed by atoms with Crippen LogP contribution in [0.1, 0.15) is 45.1 Å². The first-order valence-electron chi connectivity index (χ1n) is 10.9. The Balaban J connectivity index is 0.000000739. The van der Waals surface area contributed by atoms with Crippen molar-refractivity contribution in [2.24, 2.45) is 11.1 Å². The number of Topliss-reactive ketones (excluding diaryl/α,β-unsaturated/α-hetero) is 1. The molecule has 10 nitrogen and oxygen atoms in total. The van der Waals surface area contributed by atoms with E-state index in [1.165, 1.54) is 0 Å². The third-order valence-electron chi connectivity index (χ3n) is 5.15. The van der Waals surface area contributed by atoms with E-state index in [1.54, 1.807) is 19.3 Å². The van der Waals surface area contributed by atoms with E-state index in [-0.39, 0.29) is 24.4 Å². The number of pyridine rings is 1. The van der Waals surface area contributed by atoms with E-state index < -0.39 is 22.0 Å². The summed E-state index contributed by atoms with van der Waals surface area (Å²) in [5, 5.41) is 3.34. The van der Waals surface area contributed by atoms with Crippen LogP contribution in [0.3, 0.4) is 0 Å². The summed E-state index contributed by atoms with van der Waals surface area (Å²) in [4.78, 5) is 30.4. The maximum Gasteiger partial charge on any atom is 0.336 e. The first-order chi connectivity index (χ1) is 15.9. The molecule has 0 saturated carbocycles. The van der Waals surface area contributed by atoms with Crippen LogP contribution in [0.25, 0.3) is 0 Å². The lowest BCUT2D eigenvalue weighted by Crippen LogP contribution is -2.40. The first kappa shape index (κ1) is 27.6. The van der Waals surface area contributed by atoms with Gasteiger partial charge in [0.1, 0.15) is 0 Å². The summed E-state index contributed by atoms with van der Waals surface area (Å²) in [5.41, 5.74) is 8.68. The lowest BCUT2D eigenvalue weighted by molar-refractivity contribution is -0.139. The summed E-state index contributed by atoms with van der Waals surface area (Å²) in [7, 11) is -3.67. The molecule has 0 spiro atoms. The topological polar surface area (TPSA) is 158 Å². The van der Waals surface area contributed by atoms with E-state index in [1.807, 2.05) is 12.1 Å². The molecule has 188 valence electrons. The van der Waals surface area contributed by atoms with Crippen molar-refractivity contribution in [3.63, 3.8) is 0 Å². The number of nitrogens with zero attached hydrogens (tertiary/aromatic N) is 1. The second-order valence-corrected chi connectivity index (χ2v) is 10.3. The van der Waals surface area contributed by atoms with Crippen molar-refractivity contribution in [2.75, 3.05) is 32.6 Å². The van der Waals surface area contributed by atoms with Gasteiger partial charge in [-0.05, 0) is 30.4 Å². The zero-order valence-electron chi connectivity index (χ0n) is 20.0. The van der Waals surface area contributed by atoms with E-state index in [0.717, 1.165) is 11.3 Å². The fraction of sp³-hybridized carbons (Fsp3) is 0.522. The van der Waals surface area contributed by atoms with Gasteiger partial charge in [-0.1, -0.05) is 19.9 Å². The van der Waals surface area contributed by atoms with Crippen LogP contribution in [0, 0.1) is 5.41 Å². The fourth-order valence-corrected chi connectivity index (χ4v) is 4.05. The van der Waals surface area contributed by atoms with Crippen LogP contribution in [-0.2, 0) is 29.2 Å². The van der Waals surface area contributed by atoms with Crippen molar-refractivity contribution in [3.8, 4) is 0 Å². The summed E-state index contributed by atoms with van der Waals surface area (Å²) in [6, 6.07) is 3.69. The van der Waals surface area contributed by atoms with Crippen molar-refractivity contribution in [1.29, 1.82) is 0 Å². The van der Waals surface area contributed by atoms with E-state index >= 15 is 0 Å². The molecule has 1 atom stereocenters. The predicted octanol–water partition coefficient (Wildman–Crippen LogP) is 1.71. The highest BCUT2D eigenvalue weighted by Gasteiger charge is 2.43. The minimum absolute atomic E-state index is 0.0429. The lowest BCUT2D eigenvalue weighted by Gasteiger charge is -2.39. The Bertz CT molecular complexity index is 1060. The van der Waals surface area contributed by atoms with Crippen LogP contribution in [0.5, 0.6) is 0 Å². The predicted molar refractivity (Wildman–Crippen MR) is 126 cm³/mol. The van der Waals surface area contributed by atoms with Gasteiger partial charge in [-0.25, -0.2) is 4.79 Å². The molecule has 2 aliphatic rings. The number of nitrogens with one attached hydrogen (secondary N) is 1. The normalized spacial score (nSPS) is 19.6. The maximum absolute atomic E-state index is 13.2. The van der Waals surface area contributed by atoms with Crippen LogP contribution in [0.15, 0.2) is 47.1 Å². The summed E-state index contributed by atoms with van der Waals surface area (Å²) in [6.45, 7) is 7.09. The van der Waals surface area contributed by atoms with Crippen molar-refractivity contribution < 1.29 is 32.0 Å². The Labute approximate surface area is 200 Å². The Morgan fingerprint density at radius 3 is 2.59 bits per heavy atom. The number of esters is 1. The molecule has 0 radical (unpaired) electrons. The second kappa shape index (κ2) is 11.7. The minimum atomic E-state index is -3.67. The summed E-state index contributed by atoms with van der Waals surface area (Å²) < 4.78 is 36.9. The number of nitrogens with two attached hydrogens (primary N) is 1. The largest absolute Gasteiger partial charge is 0.463 e. The number of aromatic nitrogens is 1. The number of ketones is 1. The second-order valence-electron chi connectivity index (χ2n) is 8.86. The van der Waals surface area contributed by atoms with Gasteiger partial charge in [0.15, 0.2) is 5.78 Å². The molecule has 2 heterocycles. The molecule has 0 aromatic carbocycles. The van der Waals surface area contributed by atoms with Crippen molar-refractivity contribution >= 4 is 21.9 Å². The zero-order valence-corrected chi connectivity index (χ0v) is 20.8. The molecule has 1 aliphatic carbocycles. The Morgan fingerprint density at radius 1 is 1.35 bits per heavy atom. The van der Waals surface area contributed by atoms with Gasteiger partial charge in [0.25, 0.3) is 10.1 Å². The van der Waals surface area contributed by atoms with Gasteiger partial charge in [0, 0.05) is 42.5 Å². The number of rotatable bonds is 7. The average molecular weight is 496 g/mol. The first-order valence-corrected chi connectivity index (χ1v) is 12.8. The standard InChI is InChI=1S/C22H29N3O4.CH4O3S/c1-4-29-21(27)20-16(13-28-9-7-23)25-15-10-22(2,3)11-17(26)19(15)18(20)14-6-5-8-24-12-14;1-5(2,3)4/h5-6,8,12,18,25H,4,7,9-11,13,23H2,1-3H3;1H3,(H,2,3,4). The van der Waals surface area contributed by atoms with Crippen LogP contribution in [0.4, 0.5) is 0 Å². The third kappa shape index (κ3) is 7.73. The van der Waals surface area contributed by atoms with Crippen molar-refractivity contribution in [1.82, 2.24) is 10.3 Å². The quantitative estimate of drug-likeness (QED) is 0.289. The minimum Gasteiger partial charge on any atom is -0.463 e. The molecular weight excluding hydrogens is 462 g/mol. The Hall–Kier alpha value is -2.60. The lowest BCUT2D eigenvalue weighted by atomic mass is 9.69. The summed E-state index contributed by atoms with van der Waals surface area (Å²) in [5.74, 6) is -0.940. The number of hydrogen-bond donors (Lipinski definition) is 3. The van der Waals surface area contributed by atoms with E-state index in [9.17, 15) is 18.0 Å². The smallest absolute Gasteiger partial charge is 0.336 e. The molecule has 1 unspecified atom stereocenters. The van der Waals surface area contributed by atoms with Gasteiger partial charge in [-0.2, -0.15) is 8.42 Å². The summed E-state index contributed by atoms with van der Waals surface area (Å²) >= 11 is 0. The van der Waals surface area contributed by atoms with Gasteiger partial charge in [0.2, 0.25) is 0 Å². The highest BCUT2D eigenvalue weighted by molar-refractivity contribution is 7.85. The summed E-state index contributed by atoms with van der Waals surface area (Å²) in [6.07, 6.45) is 5.23. The molecule has 3 rings (SSSR count). The van der Waals surface area contributed by atoms with Crippen LogP contribution >= 0.6 is 0 Å². The maximum atomic E-state index is 13.2. The third-order valence-corrected chi connectivity index (χ3v) is 5.15. The molecule has 1 aromatic rings. The fourth-order valence-electron chi connectivity index (χ4n) is 4.05. The molecule has 34 heavy (non-hydrogen) atoms. The number of dihydropyridines is 1. The molecule has 0 fully saturated rings. The SMILES string of the molecule is CCOC(=O)C1=C(COCCN)NC2=C(C(=O)CC(C)(C)C2)C1c1cccnc1.CS(=O)(=O)O. The average Bonchev–Trinajstić information content (AvgIpc) is 2.71. The molecule has 0 amide bonds.